The first-order valence-corrected chi connectivity index (χ1v) is 5.54. The molecule has 82 valence electrons. The zero-order valence-electron chi connectivity index (χ0n) is 9.36. The van der Waals surface area contributed by atoms with Crippen LogP contribution in [0.15, 0.2) is 18.2 Å². The van der Waals surface area contributed by atoms with Gasteiger partial charge in [-0.2, -0.15) is 0 Å². The molecule has 0 amide bonds. The summed E-state index contributed by atoms with van der Waals surface area (Å²) in [5.41, 5.74) is 3.47. The quantitative estimate of drug-likeness (QED) is 0.806. The molecule has 1 unspecified atom stereocenters. The van der Waals surface area contributed by atoms with Gasteiger partial charge in [0.15, 0.2) is 0 Å². The van der Waals surface area contributed by atoms with Crippen LogP contribution in [0.2, 0.25) is 0 Å². The smallest absolute Gasteiger partial charge is 0.0853 e. The summed E-state index contributed by atoms with van der Waals surface area (Å²) in [5, 5.41) is 9.12. The third kappa shape index (κ3) is 2.06. The van der Waals surface area contributed by atoms with Crippen molar-refractivity contribution in [1.29, 1.82) is 0 Å². The molecule has 0 saturated carbocycles. The number of aliphatic hydroxyl groups is 1. The maximum atomic E-state index is 9.12. The van der Waals surface area contributed by atoms with Crippen molar-refractivity contribution in [1.82, 2.24) is 0 Å². The Bertz CT molecular complexity index is 346. The van der Waals surface area contributed by atoms with Crippen LogP contribution in [0, 0.1) is 12.8 Å². The van der Waals surface area contributed by atoms with Gasteiger partial charge >= 0.3 is 0 Å². The van der Waals surface area contributed by atoms with Crippen molar-refractivity contribution in [3.05, 3.63) is 34.9 Å². The highest BCUT2D eigenvalue weighted by Gasteiger charge is 2.26. The summed E-state index contributed by atoms with van der Waals surface area (Å²) in [7, 11) is 0. The minimum atomic E-state index is 0.106. The number of hydrogen-bond donors (Lipinski definition) is 1. The van der Waals surface area contributed by atoms with Crippen LogP contribution in [0.4, 0.5) is 0 Å². The van der Waals surface area contributed by atoms with E-state index in [1.54, 1.807) is 0 Å². The van der Waals surface area contributed by atoms with E-state index >= 15 is 0 Å². The van der Waals surface area contributed by atoms with Crippen molar-refractivity contribution in [2.24, 2.45) is 5.92 Å². The standard InChI is InChI=1S/C13H18O2/c1-9-3-4-11(8-14)7-12(9)13-10(2)5-6-15-13/h3-4,7,10,13-14H,5-6,8H2,1-2H3/t10-,13?/m1/s1. The summed E-state index contributed by atoms with van der Waals surface area (Å²) >= 11 is 0. The Morgan fingerprint density at radius 2 is 2.27 bits per heavy atom. The second kappa shape index (κ2) is 4.33. The van der Waals surface area contributed by atoms with E-state index in [-0.39, 0.29) is 12.7 Å². The van der Waals surface area contributed by atoms with Gasteiger partial charge < -0.3 is 9.84 Å². The number of ether oxygens (including phenoxy) is 1. The van der Waals surface area contributed by atoms with Crippen molar-refractivity contribution >= 4 is 0 Å². The second-order valence-electron chi connectivity index (χ2n) is 4.41. The molecule has 1 heterocycles. The van der Waals surface area contributed by atoms with Gasteiger partial charge in [0.1, 0.15) is 0 Å². The third-order valence-electron chi connectivity index (χ3n) is 3.22. The Kier molecular flexibility index (Phi) is 3.08. The van der Waals surface area contributed by atoms with Gasteiger partial charge in [0.25, 0.3) is 0 Å². The van der Waals surface area contributed by atoms with Gasteiger partial charge in [-0.25, -0.2) is 0 Å². The Morgan fingerprint density at radius 3 is 2.87 bits per heavy atom. The highest BCUT2D eigenvalue weighted by Crippen LogP contribution is 2.35. The predicted molar refractivity (Wildman–Crippen MR) is 59.6 cm³/mol. The zero-order valence-corrected chi connectivity index (χ0v) is 9.36. The Morgan fingerprint density at radius 1 is 1.47 bits per heavy atom. The number of rotatable bonds is 2. The van der Waals surface area contributed by atoms with Gasteiger partial charge in [-0.15, -0.1) is 0 Å². The predicted octanol–water partition coefficient (Wildman–Crippen LogP) is 2.58. The van der Waals surface area contributed by atoms with Crippen molar-refractivity contribution in [3.8, 4) is 0 Å². The minimum Gasteiger partial charge on any atom is -0.392 e. The van der Waals surface area contributed by atoms with E-state index in [4.69, 9.17) is 9.84 Å². The van der Waals surface area contributed by atoms with Crippen LogP contribution < -0.4 is 0 Å². The molecule has 1 aromatic rings. The molecule has 0 spiro atoms. The molecule has 1 saturated heterocycles. The molecule has 2 atom stereocenters. The molecule has 0 aliphatic carbocycles. The van der Waals surface area contributed by atoms with Crippen molar-refractivity contribution in [3.63, 3.8) is 0 Å². The average molecular weight is 206 g/mol. The Hall–Kier alpha value is -0.860. The van der Waals surface area contributed by atoms with E-state index in [0.717, 1.165) is 18.6 Å². The first-order chi connectivity index (χ1) is 7.22. The molecule has 0 bridgehead atoms. The van der Waals surface area contributed by atoms with E-state index in [1.165, 1.54) is 11.1 Å². The van der Waals surface area contributed by atoms with Gasteiger partial charge in [0, 0.05) is 6.61 Å². The molecule has 15 heavy (non-hydrogen) atoms. The maximum absolute atomic E-state index is 9.12. The summed E-state index contributed by atoms with van der Waals surface area (Å²) in [6.07, 6.45) is 1.35. The minimum absolute atomic E-state index is 0.106. The van der Waals surface area contributed by atoms with Crippen molar-refractivity contribution in [2.45, 2.75) is 33.0 Å². The van der Waals surface area contributed by atoms with Crippen LogP contribution in [-0.2, 0) is 11.3 Å². The lowest BCUT2D eigenvalue weighted by atomic mass is 9.93. The monoisotopic (exact) mass is 206 g/mol. The SMILES string of the molecule is Cc1ccc(CO)cc1C1OCC[C@H]1C. The molecule has 1 aliphatic heterocycles. The fourth-order valence-electron chi connectivity index (χ4n) is 2.19. The fraction of sp³-hybridized carbons (Fsp3) is 0.538. The van der Waals surface area contributed by atoms with E-state index in [2.05, 4.69) is 26.0 Å². The summed E-state index contributed by atoms with van der Waals surface area (Å²) in [6, 6.07) is 6.11. The van der Waals surface area contributed by atoms with E-state index in [0.29, 0.717) is 5.92 Å². The number of benzene rings is 1. The molecule has 1 aliphatic rings. The fourth-order valence-corrected chi connectivity index (χ4v) is 2.19. The molecule has 0 aromatic heterocycles. The molecule has 0 radical (unpaired) electrons. The molecular formula is C13H18O2. The molecule has 2 heteroatoms. The molecule has 2 rings (SSSR count). The topological polar surface area (TPSA) is 29.5 Å². The number of aliphatic hydroxyl groups excluding tert-OH is 1. The van der Waals surface area contributed by atoms with Crippen LogP contribution in [0.5, 0.6) is 0 Å². The molecule has 1 aromatic carbocycles. The number of aryl methyl sites for hydroxylation is 1. The lowest BCUT2D eigenvalue weighted by Gasteiger charge is -2.18. The lowest BCUT2D eigenvalue weighted by Crippen LogP contribution is -2.06. The maximum Gasteiger partial charge on any atom is 0.0853 e. The van der Waals surface area contributed by atoms with Gasteiger partial charge in [0.2, 0.25) is 0 Å². The highest BCUT2D eigenvalue weighted by molar-refractivity contribution is 5.33. The Labute approximate surface area is 90.9 Å². The van der Waals surface area contributed by atoms with Gasteiger partial charge in [0.05, 0.1) is 12.7 Å². The van der Waals surface area contributed by atoms with Crippen LogP contribution in [0.1, 0.15) is 36.1 Å². The molecule has 2 nitrogen and oxygen atoms in total. The van der Waals surface area contributed by atoms with Gasteiger partial charge in [-0.1, -0.05) is 25.1 Å². The molecule has 1 fully saturated rings. The summed E-state index contributed by atoms with van der Waals surface area (Å²) in [4.78, 5) is 0. The second-order valence-corrected chi connectivity index (χ2v) is 4.41. The molecule has 1 N–H and O–H groups in total. The van der Waals surface area contributed by atoms with E-state index < -0.39 is 0 Å². The highest BCUT2D eigenvalue weighted by atomic mass is 16.5. The number of hydrogen-bond acceptors (Lipinski definition) is 2. The third-order valence-corrected chi connectivity index (χ3v) is 3.22. The van der Waals surface area contributed by atoms with Crippen LogP contribution >= 0.6 is 0 Å². The van der Waals surface area contributed by atoms with Crippen molar-refractivity contribution < 1.29 is 9.84 Å². The lowest BCUT2D eigenvalue weighted by molar-refractivity contribution is 0.0938. The zero-order chi connectivity index (χ0) is 10.8. The van der Waals surface area contributed by atoms with Crippen LogP contribution in [-0.4, -0.2) is 11.7 Å². The largest absolute Gasteiger partial charge is 0.392 e. The van der Waals surface area contributed by atoms with Crippen LogP contribution in [0.3, 0.4) is 0 Å². The molecular weight excluding hydrogens is 188 g/mol. The van der Waals surface area contributed by atoms with Gasteiger partial charge in [-0.05, 0) is 36.0 Å². The van der Waals surface area contributed by atoms with E-state index in [9.17, 15) is 0 Å². The summed E-state index contributed by atoms with van der Waals surface area (Å²) in [5.74, 6) is 0.581. The first-order valence-electron chi connectivity index (χ1n) is 5.54. The summed E-state index contributed by atoms with van der Waals surface area (Å²) in [6.45, 7) is 5.29. The summed E-state index contributed by atoms with van der Waals surface area (Å²) < 4.78 is 5.75. The average Bonchev–Trinajstić information content (AvgIpc) is 2.65. The van der Waals surface area contributed by atoms with E-state index in [1.807, 2.05) is 6.07 Å². The van der Waals surface area contributed by atoms with Crippen molar-refractivity contribution in [2.75, 3.05) is 6.61 Å². The van der Waals surface area contributed by atoms with Crippen LogP contribution in [0.25, 0.3) is 0 Å². The van der Waals surface area contributed by atoms with Gasteiger partial charge in [-0.3, -0.25) is 0 Å². The normalized spacial score (nSPS) is 25.8. The first kappa shape index (κ1) is 10.7. The Balaban J connectivity index is 2.33.